The smallest absolute Gasteiger partial charge is 0.319 e. The summed E-state index contributed by atoms with van der Waals surface area (Å²) in [6.07, 6.45) is 1.98. The summed E-state index contributed by atoms with van der Waals surface area (Å²) in [5.41, 5.74) is 2.15. The van der Waals surface area contributed by atoms with Crippen molar-refractivity contribution < 1.29 is 18.7 Å². The molecule has 3 aromatic rings. The van der Waals surface area contributed by atoms with E-state index in [0.29, 0.717) is 29.7 Å². The van der Waals surface area contributed by atoms with E-state index in [0.717, 1.165) is 30.5 Å². The number of methoxy groups -OCH3 is 2. The Balaban J connectivity index is 1.40. The second-order valence-corrected chi connectivity index (χ2v) is 6.83. The number of anilines is 2. The third-order valence-corrected chi connectivity index (χ3v) is 5.05. The van der Waals surface area contributed by atoms with E-state index in [-0.39, 0.29) is 12.1 Å². The van der Waals surface area contributed by atoms with E-state index in [1.54, 1.807) is 25.3 Å². The number of benzene rings is 2. The van der Waals surface area contributed by atoms with Crippen LogP contribution in [0.1, 0.15) is 12.8 Å². The van der Waals surface area contributed by atoms with Crippen molar-refractivity contribution in [1.29, 1.82) is 0 Å². The van der Waals surface area contributed by atoms with Gasteiger partial charge >= 0.3 is 6.03 Å². The van der Waals surface area contributed by atoms with Crippen molar-refractivity contribution in [2.75, 3.05) is 37.5 Å². The van der Waals surface area contributed by atoms with Crippen LogP contribution >= 0.6 is 0 Å². The highest BCUT2D eigenvalue weighted by Gasteiger charge is 2.28. The van der Waals surface area contributed by atoms with E-state index in [1.807, 2.05) is 24.3 Å². The average Bonchev–Trinajstić information content (AvgIpc) is 3.38. The van der Waals surface area contributed by atoms with Crippen molar-refractivity contribution in [2.24, 2.45) is 0 Å². The van der Waals surface area contributed by atoms with Crippen LogP contribution in [0.3, 0.4) is 0 Å². The molecule has 1 aromatic heterocycles. The Hall–Kier alpha value is -3.42. The SMILES string of the molecule is COc1cccc(NC(=O)NCC2CCCN2c2nc3ccccc3o2)c1OC. The largest absolute Gasteiger partial charge is 0.493 e. The molecule has 8 nitrogen and oxygen atoms in total. The van der Waals surface area contributed by atoms with Crippen molar-refractivity contribution >= 4 is 28.8 Å². The molecule has 0 aliphatic carbocycles. The number of ether oxygens (including phenoxy) is 2. The number of amides is 2. The summed E-state index contributed by atoms with van der Waals surface area (Å²) in [4.78, 5) is 19.1. The van der Waals surface area contributed by atoms with Gasteiger partial charge in [0.25, 0.3) is 6.01 Å². The van der Waals surface area contributed by atoms with Gasteiger partial charge in [0.15, 0.2) is 17.1 Å². The molecule has 0 radical (unpaired) electrons. The molecule has 29 heavy (non-hydrogen) atoms. The zero-order valence-corrected chi connectivity index (χ0v) is 16.5. The maximum Gasteiger partial charge on any atom is 0.319 e. The molecule has 8 heteroatoms. The maximum atomic E-state index is 12.4. The molecular weight excluding hydrogens is 372 g/mol. The van der Waals surface area contributed by atoms with Crippen LogP contribution < -0.4 is 25.0 Å². The highest BCUT2D eigenvalue weighted by molar-refractivity contribution is 5.91. The summed E-state index contributed by atoms with van der Waals surface area (Å²) in [5.74, 6) is 1.04. The van der Waals surface area contributed by atoms with Crippen LogP contribution in [0.15, 0.2) is 46.9 Å². The molecule has 1 aliphatic heterocycles. The zero-order valence-electron chi connectivity index (χ0n) is 16.5. The quantitative estimate of drug-likeness (QED) is 0.661. The first kappa shape index (κ1) is 18.9. The molecule has 2 aromatic carbocycles. The van der Waals surface area contributed by atoms with E-state index in [2.05, 4.69) is 20.5 Å². The minimum atomic E-state index is -0.305. The summed E-state index contributed by atoms with van der Waals surface area (Å²) in [5, 5.41) is 5.76. The highest BCUT2D eigenvalue weighted by atomic mass is 16.5. The molecule has 1 aliphatic rings. The fourth-order valence-corrected chi connectivity index (χ4v) is 3.65. The molecule has 2 N–H and O–H groups in total. The molecular formula is C21H24N4O4. The lowest BCUT2D eigenvalue weighted by Crippen LogP contribution is -2.41. The number of aromatic nitrogens is 1. The van der Waals surface area contributed by atoms with Gasteiger partial charge in [0, 0.05) is 13.1 Å². The van der Waals surface area contributed by atoms with E-state index in [9.17, 15) is 4.79 Å². The molecule has 0 saturated carbocycles. The number of carbonyl (C=O) groups excluding carboxylic acids is 1. The monoisotopic (exact) mass is 396 g/mol. The van der Waals surface area contributed by atoms with Gasteiger partial charge in [-0.15, -0.1) is 0 Å². The topological polar surface area (TPSA) is 88.9 Å². The van der Waals surface area contributed by atoms with Crippen LogP contribution in [0.5, 0.6) is 11.5 Å². The Morgan fingerprint density at radius 1 is 1.21 bits per heavy atom. The first-order valence-corrected chi connectivity index (χ1v) is 9.57. The van der Waals surface area contributed by atoms with Gasteiger partial charge in [-0.2, -0.15) is 4.98 Å². The van der Waals surface area contributed by atoms with Gasteiger partial charge in [0.1, 0.15) is 5.52 Å². The molecule has 1 saturated heterocycles. The summed E-state index contributed by atoms with van der Waals surface area (Å²) in [6.45, 7) is 1.33. The molecule has 1 fully saturated rings. The summed E-state index contributed by atoms with van der Waals surface area (Å²) >= 11 is 0. The van der Waals surface area contributed by atoms with Gasteiger partial charge in [-0.25, -0.2) is 4.79 Å². The van der Waals surface area contributed by atoms with Crippen LogP contribution in [0.4, 0.5) is 16.5 Å². The van der Waals surface area contributed by atoms with Crippen LogP contribution in [-0.2, 0) is 0 Å². The average molecular weight is 396 g/mol. The number of hydrogen-bond acceptors (Lipinski definition) is 6. The number of urea groups is 1. The molecule has 1 unspecified atom stereocenters. The van der Waals surface area contributed by atoms with Crippen molar-refractivity contribution in [1.82, 2.24) is 10.3 Å². The lowest BCUT2D eigenvalue weighted by molar-refractivity contribution is 0.251. The maximum absolute atomic E-state index is 12.4. The molecule has 1 atom stereocenters. The Kier molecular flexibility index (Phi) is 5.41. The predicted octanol–water partition coefficient (Wildman–Crippen LogP) is 3.64. The van der Waals surface area contributed by atoms with Crippen molar-refractivity contribution in [3.63, 3.8) is 0 Å². The number of hydrogen-bond donors (Lipinski definition) is 2. The summed E-state index contributed by atoms with van der Waals surface area (Å²) in [6, 6.07) is 13.5. The summed E-state index contributed by atoms with van der Waals surface area (Å²) < 4.78 is 16.5. The Morgan fingerprint density at radius 2 is 2.07 bits per heavy atom. The third kappa shape index (κ3) is 3.91. The number of carbonyl (C=O) groups is 1. The predicted molar refractivity (Wildman–Crippen MR) is 111 cm³/mol. The number of rotatable bonds is 6. The second kappa shape index (κ2) is 8.30. The number of para-hydroxylation sites is 3. The molecule has 0 bridgehead atoms. The Labute approximate surface area is 168 Å². The van der Waals surface area contributed by atoms with Gasteiger partial charge in [-0.05, 0) is 37.1 Å². The minimum absolute atomic E-state index is 0.126. The third-order valence-electron chi connectivity index (χ3n) is 5.05. The van der Waals surface area contributed by atoms with Crippen molar-refractivity contribution in [3.05, 3.63) is 42.5 Å². The second-order valence-electron chi connectivity index (χ2n) is 6.83. The number of fused-ring (bicyclic) bond motifs is 1. The number of nitrogens with one attached hydrogen (secondary N) is 2. The van der Waals surface area contributed by atoms with E-state index in [4.69, 9.17) is 13.9 Å². The lowest BCUT2D eigenvalue weighted by Gasteiger charge is -2.23. The molecule has 2 heterocycles. The minimum Gasteiger partial charge on any atom is -0.493 e. The summed E-state index contributed by atoms with van der Waals surface area (Å²) in [7, 11) is 3.10. The fourth-order valence-electron chi connectivity index (χ4n) is 3.65. The van der Waals surface area contributed by atoms with Gasteiger partial charge in [0.2, 0.25) is 0 Å². The van der Waals surface area contributed by atoms with Gasteiger partial charge in [-0.3, -0.25) is 0 Å². The van der Waals surface area contributed by atoms with Crippen molar-refractivity contribution in [2.45, 2.75) is 18.9 Å². The Morgan fingerprint density at radius 3 is 2.86 bits per heavy atom. The van der Waals surface area contributed by atoms with Crippen LogP contribution in [0.2, 0.25) is 0 Å². The van der Waals surface area contributed by atoms with Gasteiger partial charge in [-0.1, -0.05) is 18.2 Å². The van der Waals surface area contributed by atoms with E-state index < -0.39 is 0 Å². The molecule has 2 amide bonds. The fraction of sp³-hybridized carbons (Fsp3) is 0.333. The van der Waals surface area contributed by atoms with E-state index >= 15 is 0 Å². The first-order valence-electron chi connectivity index (χ1n) is 9.57. The number of oxazole rings is 1. The molecule has 4 rings (SSSR count). The van der Waals surface area contributed by atoms with Crippen LogP contribution in [-0.4, -0.2) is 44.4 Å². The van der Waals surface area contributed by atoms with Crippen molar-refractivity contribution in [3.8, 4) is 11.5 Å². The van der Waals surface area contributed by atoms with Gasteiger partial charge in [0.05, 0.1) is 25.9 Å². The number of nitrogens with zero attached hydrogens (tertiary/aromatic N) is 2. The first-order chi connectivity index (χ1) is 14.2. The zero-order chi connectivity index (χ0) is 20.2. The van der Waals surface area contributed by atoms with Gasteiger partial charge < -0.3 is 29.4 Å². The molecule has 152 valence electrons. The standard InChI is InChI=1S/C21H24N4O4/c1-27-18-11-5-9-16(19(18)28-2)23-20(26)22-13-14-7-6-12-25(14)21-24-15-8-3-4-10-17(15)29-21/h3-5,8-11,14H,6-7,12-13H2,1-2H3,(H2,22,23,26). The van der Waals surface area contributed by atoms with Crippen LogP contribution in [0.25, 0.3) is 11.1 Å². The highest BCUT2D eigenvalue weighted by Crippen LogP contribution is 2.34. The molecule has 0 spiro atoms. The van der Waals surface area contributed by atoms with E-state index in [1.165, 1.54) is 7.11 Å². The van der Waals surface area contributed by atoms with Crippen LogP contribution in [0, 0.1) is 0 Å². The Bertz CT molecular complexity index is 970. The normalized spacial score (nSPS) is 16.1. The lowest BCUT2D eigenvalue weighted by atomic mass is 10.2.